The molecule has 3 heteroatoms. The van der Waals surface area contributed by atoms with Gasteiger partial charge in [-0.25, -0.2) is 4.39 Å². The lowest BCUT2D eigenvalue weighted by Crippen LogP contribution is -2.30. The molecule has 0 heterocycles. The standard InChI is InChI=1S/C19H24FNO/c1-14-4-5-15(2)18(10-14)13-21(11-16(3)22)12-17-6-8-19(20)9-7-17/h4-10,16,22H,11-13H2,1-3H3/t16-/m1/s1. The molecule has 2 nitrogen and oxygen atoms in total. The highest BCUT2D eigenvalue weighted by atomic mass is 19.1. The topological polar surface area (TPSA) is 23.5 Å². The fraction of sp³-hybridized carbons (Fsp3) is 0.368. The van der Waals surface area contributed by atoms with Gasteiger partial charge >= 0.3 is 0 Å². The molecule has 22 heavy (non-hydrogen) atoms. The maximum atomic E-state index is 13.0. The molecule has 0 saturated heterocycles. The van der Waals surface area contributed by atoms with E-state index in [-0.39, 0.29) is 5.82 Å². The minimum atomic E-state index is -0.398. The molecule has 0 radical (unpaired) electrons. The Labute approximate surface area is 132 Å². The van der Waals surface area contributed by atoms with E-state index in [4.69, 9.17) is 0 Å². The van der Waals surface area contributed by atoms with E-state index in [0.29, 0.717) is 13.1 Å². The number of hydrogen-bond acceptors (Lipinski definition) is 2. The van der Waals surface area contributed by atoms with Gasteiger partial charge in [-0.2, -0.15) is 0 Å². The number of hydrogen-bond donors (Lipinski definition) is 1. The number of halogens is 1. The van der Waals surface area contributed by atoms with E-state index in [1.54, 1.807) is 19.1 Å². The Morgan fingerprint density at radius 2 is 1.73 bits per heavy atom. The first-order valence-electron chi connectivity index (χ1n) is 7.65. The molecule has 0 aromatic heterocycles. The molecule has 118 valence electrons. The van der Waals surface area contributed by atoms with Crippen molar-refractivity contribution < 1.29 is 9.50 Å². The van der Waals surface area contributed by atoms with Crippen LogP contribution < -0.4 is 0 Å². The smallest absolute Gasteiger partial charge is 0.123 e. The number of aliphatic hydroxyl groups excluding tert-OH is 1. The van der Waals surface area contributed by atoms with E-state index in [1.165, 1.54) is 28.8 Å². The Balaban J connectivity index is 2.15. The molecule has 0 bridgehead atoms. The van der Waals surface area contributed by atoms with E-state index < -0.39 is 6.10 Å². The average molecular weight is 301 g/mol. The average Bonchev–Trinajstić information content (AvgIpc) is 2.44. The minimum Gasteiger partial charge on any atom is -0.392 e. The summed E-state index contributed by atoms with van der Waals surface area (Å²) < 4.78 is 13.0. The fourth-order valence-corrected chi connectivity index (χ4v) is 2.62. The van der Waals surface area contributed by atoms with Crippen LogP contribution in [0, 0.1) is 19.7 Å². The van der Waals surface area contributed by atoms with Crippen LogP contribution >= 0.6 is 0 Å². The van der Waals surface area contributed by atoms with Gasteiger partial charge in [0, 0.05) is 19.6 Å². The molecule has 0 fully saturated rings. The van der Waals surface area contributed by atoms with Crippen LogP contribution in [0.2, 0.25) is 0 Å². The summed E-state index contributed by atoms with van der Waals surface area (Å²) in [7, 11) is 0. The summed E-state index contributed by atoms with van der Waals surface area (Å²) in [5.74, 6) is -0.222. The SMILES string of the molecule is Cc1ccc(C)c(CN(Cc2ccc(F)cc2)C[C@@H](C)O)c1. The molecule has 0 saturated carbocycles. The van der Waals surface area contributed by atoms with E-state index >= 15 is 0 Å². The molecule has 1 N–H and O–H groups in total. The first-order valence-corrected chi connectivity index (χ1v) is 7.65. The Morgan fingerprint density at radius 3 is 2.36 bits per heavy atom. The third-order valence-electron chi connectivity index (χ3n) is 3.74. The molecular weight excluding hydrogens is 277 g/mol. The van der Waals surface area contributed by atoms with Crippen molar-refractivity contribution in [3.8, 4) is 0 Å². The van der Waals surface area contributed by atoms with Gasteiger partial charge in [0.25, 0.3) is 0 Å². The van der Waals surface area contributed by atoms with Crippen LogP contribution in [0.5, 0.6) is 0 Å². The summed E-state index contributed by atoms with van der Waals surface area (Å²) in [5, 5.41) is 9.75. The third kappa shape index (κ3) is 4.93. The normalized spacial score (nSPS) is 12.6. The predicted molar refractivity (Wildman–Crippen MR) is 88.1 cm³/mol. The number of nitrogens with zero attached hydrogens (tertiary/aromatic N) is 1. The maximum Gasteiger partial charge on any atom is 0.123 e. The highest BCUT2D eigenvalue weighted by Crippen LogP contribution is 2.16. The van der Waals surface area contributed by atoms with Gasteiger partial charge in [0.1, 0.15) is 5.82 Å². The number of benzene rings is 2. The van der Waals surface area contributed by atoms with Gasteiger partial charge in [-0.15, -0.1) is 0 Å². The molecule has 1 atom stereocenters. The summed E-state index contributed by atoms with van der Waals surface area (Å²) in [6.45, 7) is 8.04. The predicted octanol–water partition coefficient (Wildman–Crippen LogP) is 3.83. The summed E-state index contributed by atoms with van der Waals surface area (Å²) in [4.78, 5) is 2.19. The van der Waals surface area contributed by atoms with Crippen molar-refractivity contribution in [1.82, 2.24) is 4.90 Å². The lowest BCUT2D eigenvalue weighted by atomic mass is 10.0. The Bertz CT molecular complexity index is 607. The zero-order valence-corrected chi connectivity index (χ0v) is 13.5. The van der Waals surface area contributed by atoms with Gasteiger partial charge in [0.15, 0.2) is 0 Å². The molecule has 0 aliphatic heterocycles. The van der Waals surface area contributed by atoms with Crippen LogP contribution in [0.4, 0.5) is 4.39 Å². The maximum absolute atomic E-state index is 13.0. The van der Waals surface area contributed by atoms with Crippen molar-refractivity contribution in [1.29, 1.82) is 0 Å². The molecule has 0 aliphatic carbocycles. The van der Waals surface area contributed by atoms with E-state index in [2.05, 4.69) is 36.9 Å². The van der Waals surface area contributed by atoms with Gasteiger partial charge in [-0.1, -0.05) is 35.9 Å². The zero-order valence-electron chi connectivity index (χ0n) is 13.5. The van der Waals surface area contributed by atoms with Crippen molar-refractivity contribution in [3.05, 3.63) is 70.5 Å². The van der Waals surface area contributed by atoms with Gasteiger partial charge in [0.2, 0.25) is 0 Å². The lowest BCUT2D eigenvalue weighted by molar-refractivity contribution is 0.118. The minimum absolute atomic E-state index is 0.222. The highest BCUT2D eigenvalue weighted by Gasteiger charge is 2.11. The van der Waals surface area contributed by atoms with Crippen LogP contribution in [-0.4, -0.2) is 22.7 Å². The van der Waals surface area contributed by atoms with E-state index in [1.807, 2.05) is 0 Å². The van der Waals surface area contributed by atoms with E-state index in [0.717, 1.165) is 12.1 Å². The highest BCUT2D eigenvalue weighted by molar-refractivity contribution is 5.30. The molecule has 0 aliphatic rings. The van der Waals surface area contributed by atoms with Gasteiger partial charge in [-0.05, 0) is 49.6 Å². The van der Waals surface area contributed by atoms with Crippen LogP contribution in [0.1, 0.15) is 29.2 Å². The Kier molecular flexibility index (Phi) is 5.69. The molecular formula is C19H24FNO. The molecule has 0 spiro atoms. The molecule has 2 rings (SSSR count). The summed E-state index contributed by atoms with van der Waals surface area (Å²) in [6, 6.07) is 13.0. The lowest BCUT2D eigenvalue weighted by Gasteiger charge is -2.25. The van der Waals surface area contributed by atoms with Crippen molar-refractivity contribution in [2.75, 3.05) is 6.54 Å². The largest absolute Gasteiger partial charge is 0.392 e. The number of aryl methyl sites for hydroxylation is 2. The second kappa shape index (κ2) is 7.52. The monoisotopic (exact) mass is 301 g/mol. The van der Waals surface area contributed by atoms with E-state index in [9.17, 15) is 9.50 Å². The first kappa shape index (κ1) is 16.7. The Hall–Kier alpha value is -1.71. The first-order chi connectivity index (χ1) is 10.4. The van der Waals surface area contributed by atoms with Gasteiger partial charge in [-0.3, -0.25) is 4.90 Å². The van der Waals surface area contributed by atoms with Crippen molar-refractivity contribution >= 4 is 0 Å². The van der Waals surface area contributed by atoms with Crippen LogP contribution in [0.25, 0.3) is 0 Å². The Morgan fingerprint density at radius 1 is 1.05 bits per heavy atom. The van der Waals surface area contributed by atoms with Crippen LogP contribution in [0.15, 0.2) is 42.5 Å². The molecule has 0 unspecified atom stereocenters. The quantitative estimate of drug-likeness (QED) is 0.876. The third-order valence-corrected chi connectivity index (χ3v) is 3.74. The zero-order chi connectivity index (χ0) is 16.1. The molecule has 0 amide bonds. The second-order valence-electron chi connectivity index (χ2n) is 6.08. The molecule has 2 aromatic rings. The van der Waals surface area contributed by atoms with Crippen molar-refractivity contribution in [2.24, 2.45) is 0 Å². The second-order valence-corrected chi connectivity index (χ2v) is 6.08. The van der Waals surface area contributed by atoms with Crippen LogP contribution in [0.3, 0.4) is 0 Å². The summed E-state index contributed by atoms with van der Waals surface area (Å²) in [5.41, 5.74) is 4.80. The van der Waals surface area contributed by atoms with Crippen molar-refractivity contribution in [2.45, 2.75) is 40.0 Å². The van der Waals surface area contributed by atoms with Crippen LogP contribution in [-0.2, 0) is 13.1 Å². The fourth-order valence-electron chi connectivity index (χ4n) is 2.62. The molecule has 2 aromatic carbocycles. The number of rotatable bonds is 6. The summed E-state index contributed by atoms with van der Waals surface area (Å²) in [6.07, 6.45) is -0.398. The van der Waals surface area contributed by atoms with Gasteiger partial charge < -0.3 is 5.11 Å². The van der Waals surface area contributed by atoms with Crippen molar-refractivity contribution in [3.63, 3.8) is 0 Å². The summed E-state index contributed by atoms with van der Waals surface area (Å²) >= 11 is 0. The number of aliphatic hydroxyl groups is 1. The van der Waals surface area contributed by atoms with Gasteiger partial charge in [0.05, 0.1) is 6.10 Å².